The molecule has 5 nitrogen and oxygen atoms in total. The molecule has 0 spiro atoms. The van der Waals surface area contributed by atoms with Crippen molar-refractivity contribution in [2.45, 2.75) is 26.7 Å². The fourth-order valence-electron chi connectivity index (χ4n) is 1.54. The lowest BCUT2D eigenvalue weighted by Crippen LogP contribution is -2.20. The number of nitro benzene ring substituents is 1. The molecule has 1 rings (SSSR count). The number of nitro groups is 1. The molecule has 1 amide bonds. The molecule has 1 N–H and O–H groups in total. The van der Waals surface area contributed by atoms with Crippen molar-refractivity contribution in [3.05, 3.63) is 34.1 Å². The summed E-state index contributed by atoms with van der Waals surface area (Å²) in [6, 6.07) is 3.05. The highest BCUT2D eigenvalue weighted by molar-refractivity contribution is 5.92. The summed E-state index contributed by atoms with van der Waals surface area (Å²) in [5.74, 6) is -1.28. The van der Waals surface area contributed by atoms with Gasteiger partial charge in [0.1, 0.15) is 5.82 Å². The Morgan fingerprint density at radius 1 is 1.56 bits per heavy atom. The van der Waals surface area contributed by atoms with E-state index in [0.717, 1.165) is 24.6 Å². The van der Waals surface area contributed by atoms with E-state index in [1.165, 1.54) is 0 Å². The van der Waals surface area contributed by atoms with Gasteiger partial charge in [0.2, 0.25) is 5.91 Å². The number of carbonyl (C=O) groups excluding carboxylic acids is 1. The zero-order valence-electron chi connectivity index (χ0n) is 10.3. The van der Waals surface area contributed by atoms with Gasteiger partial charge in [0.15, 0.2) is 0 Å². The molecule has 6 heteroatoms. The zero-order chi connectivity index (χ0) is 13.7. The number of nitrogens with one attached hydrogen (secondary N) is 1. The third kappa shape index (κ3) is 3.51. The van der Waals surface area contributed by atoms with Gasteiger partial charge in [0.25, 0.3) is 5.69 Å². The predicted molar refractivity (Wildman–Crippen MR) is 65.8 cm³/mol. The van der Waals surface area contributed by atoms with Crippen LogP contribution in [0.25, 0.3) is 0 Å². The van der Waals surface area contributed by atoms with Gasteiger partial charge in [0, 0.05) is 18.1 Å². The predicted octanol–water partition coefficient (Wildman–Crippen LogP) is 3.11. The second kappa shape index (κ2) is 6.09. The van der Waals surface area contributed by atoms with Crippen LogP contribution in [-0.4, -0.2) is 10.8 Å². The summed E-state index contributed by atoms with van der Waals surface area (Å²) < 4.78 is 13.4. The smallest absolute Gasteiger partial charge is 0.271 e. The van der Waals surface area contributed by atoms with Crippen molar-refractivity contribution in [2.75, 3.05) is 5.32 Å². The lowest BCUT2D eigenvalue weighted by molar-refractivity contribution is -0.384. The average molecular weight is 254 g/mol. The van der Waals surface area contributed by atoms with E-state index < -0.39 is 10.7 Å². The van der Waals surface area contributed by atoms with E-state index in [1.54, 1.807) is 6.92 Å². The second-order valence-electron chi connectivity index (χ2n) is 4.10. The fraction of sp³-hybridized carbons (Fsp3) is 0.417. The largest absolute Gasteiger partial charge is 0.323 e. The van der Waals surface area contributed by atoms with Crippen molar-refractivity contribution < 1.29 is 14.1 Å². The summed E-state index contributed by atoms with van der Waals surface area (Å²) in [4.78, 5) is 21.6. The van der Waals surface area contributed by atoms with Gasteiger partial charge in [-0.1, -0.05) is 20.3 Å². The number of hydrogen-bond donors (Lipinski definition) is 1. The highest BCUT2D eigenvalue weighted by Gasteiger charge is 2.16. The van der Waals surface area contributed by atoms with Crippen LogP contribution in [0.3, 0.4) is 0 Å². The molecule has 1 atom stereocenters. The number of halogens is 1. The van der Waals surface area contributed by atoms with Crippen LogP contribution in [0, 0.1) is 21.8 Å². The summed E-state index contributed by atoms with van der Waals surface area (Å²) >= 11 is 0. The van der Waals surface area contributed by atoms with Crippen molar-refractivity contribution in [1.82, 2.24) is 0 Å². The molecule has 0 aliphatic heterocycles. The monoisotopic (exact) mass is 254 g/mol. The molecule has 0 heterocycles. The van der Waals surface area contributed by atoms with Gasteiger partial charge in [-0.15, -0.1) is 0 Å². The fourth-order valence-corrected chi connectivity index (χ4v) is 1.54. The zero-order valence-corrected chi connectivity index (χ0v) is 10.3. The number of rotatable bonds is 5. The molecular weight excluding hydrogens is 239 g/mol. The molecule has 0 radical (unpaired) electrons. The number of anilines is 1. The molecule has 0 aromatic heterocycles. The summed E-state index contributed by atoms with van der Waals surface area (Å²) in [6.07, 6.45) is 1.52. The van der Waals surface area contributed by atoms with Gasteiger partial charge in [0.05, 0.1) is 10.6 Å². The van der Waals surface area contributed by atoms with Crippen LogP contribution in [-0.2, 0) is 4.79 Å². The van der Waals surface area contributed by atoms with Crippen molar-refractivity contribution in [1.29, 1.82) is 0 Å². The van der Waals surface area contributed by atoms with E-state index in [4.69, 9.17) is 0 Å². The van der Waals surface area contributed by atoms with Crippen molar-refractivity contribution in [3.8, 4) is 0 Å². The minimum absolute atomic E-state index is 0.155. The maximum atomic E-state index is 13.4. The molecule has 0 aliphatic carbocycles. The molecular formula is C12H15FN2O3. The van der Waals surface area contributed by atoms with Crippen molar-refractivity contribution in [2.24, 2.45) is 5.92 Å². The molecule has 0 bridgehead atoms. The minimum atomic E-state index is -0.683. The molecule has 98 valence electrons. The topological polar surface area (TPSA) is 72.2 Å². The van der Waals surface area contributed by atoms with Crippen LogP contribution < -0.4 is 5.32 Å². The Morgan fingerprint density at radius 2 is 2.22 bits per heavy atom. The highest BCUT2D eigenvalue weighted by Crippen LogP contribution is 2.22. The van der Waals surface area contributed by atoms with Crippen LogP contribution in [0.4, 0.5) is 15.8 Å². The summed E-state index contributed by atoms with van der Waals surface area (Å²) in [5.41, 5.74) is -0.410. The Morgan fingerprint density at radius 3 is 2.78 bits per heavy atom. The third-order valence-electron chi connectivity index (χ3n) is 2.59. The first kappa shape index (κ1) is 14.1. The van der Waals surface area contributed by atoms with E-state index in [9.17, 15) is 19.3 Å². The first-order valence-corrected chi connectivity index (χ1v) is 5.70. The Labute approximate surface area is 104 Å². The van der Waals surface area contributed by atoms with E-state index in [-0.39, 0.29) is 23.2 Å². The third-order valence-corrected chi connectivity index (χ3v) is 2.59. The number of hydrogen-bond acceptors (Lipinski definition) is 3. The number of nitrogens with zero attached hydrogens (tertiary/aromatic N) is 1. The molecule has 0 fully saturated rings. The molecule has 0 saturated carbocycles. The van der Waals surface area contributed by atoms with Gasteiger partial charge < -0.3 is 5.32 Å². The van der Waals surface area contributed by atoms with Gasteiger partial charge >= 0.3 is 0 Å². The van der Waals surface area contributed by atoms with Gasteiger partial charge in [-0.3, -0.25) is 14.9 Å². The minimum Gasteiger partial charge on any atom is -0.323 e. The number of non-ortho nitro benzene ring substituents is 1. The van der Waals surface area contributed by atoms with E-state index in [2.05, 4.69) is 5.32 Å². The Bertz CT molecular complexity index is 463. The average Bonchev–Trinajstić information content (AvgIpc) is 2.31. The maximum absolute atomic E-state index is 13.4. The van der Waals surface area contributed by atoms with Crippen LogP contribution in [0.5, 0.6) is 0 Å². The lowest BCUT2D eigenvalue weighted by Gasteiger charge is -2.11. The number of benzene rings is 1. The van der Waals surface area contributed by atoms with E-state index in [0.29, 0.717) is 6.42 Å². The van der Waals surface area contributed by atoms with Gasteiger partial charge in [-0.05, 0) is 12.5 Å². The first-order chi connectivity index (χ1) is 8.45. The van der Waals surface area contributed by atoms with Crippen LogP contribution in [0.2, 0.25) is 0 Å². The molecule has 18 heavy (non-hydrogen) atoms. The SMILES string of the molecule is CCC[C@H](C)C(=O)Nc1cc([N+](=O)[O-])ccc1F. The maximum Gasteiger partial charge on any atom is 0.271 e. The normalized spacial score (nSPS) is 11.9. The first-order valence-electron chi connectivity index (χ1n) is 5.70. The highest BCUT2D eigenvalue weighted by atomic mass is 19.1. The van der Waals surface area contributed by atoms with Gasteiger partial charge in [-0.2, -0.15) is 0 Å². The van der Waals surface area contributed by atoms with E-state index >= 15 is 0 Å². The summed E-state index contributed by atoms with van der Waals surface area (Å²) in [7, 11) is 0. The quantitative estimate of drug-likeness (QED) is 0.648. The summed E-state index contributed by atoms with van der Waals surface area (Å²) in [6.45, 7) is 3.67. The Balaban J connectivity index is 2.86. The molecule has 0 aliphatic rings. The van der Waals surface area contributed by atoms with Crippen LogP contribution >= 0.6 is 0 Å². The molecule has 1 aromatic carbocycles. The Kier molecular flexibility index (Phi) is 4.76. The number of amides is 1. The molecule has 1 aromatic rings. The standard InChI is InChI=1S/C12H15FN2O3/c1-3-4-8(2)12(16)14-11-7-9(15(17)18)5-6-10(11)13/h5-8H,3-4H2,1-2H3,(H,14,16)/t8-/m0/s1. The number of carbonyl (C=O) groups is 1. The second-order valence-corrected chi connectivity index (χ2v) is 4.10. The molecule has 0 unspecified atom stereocenters. The van der Waals surface area contributed by atoms with E-state index in [1.807, 2.05) is 6.92 Å². The van der Waals surface area contributed by atoms with Crippen LogP contribution in [0.15, 0.2) is 18.2 Å². The molecule has 0 saturated heterocycles. The lowest BCUT2D eigenvalue weighted by atomic mass is 10.1. The summed E-state index contributed by atoms with van der Waals surface area (Å²) in [5, 5.41) is 12.9. The van der Waals surface area contributed by atoms with Crippen molar-refractivity contribution in [3.63, 3.8) is 0 Å². The Hall–Kier alpha value is -1.98. The van der Waals surface area contributed by atoms with Crippen molar-refractivity contribution >= 4 is 17.3 Å². The van der Waals surface area contributed by atoms with Gasteiger partial charge in [-0.25, -0.2) is 4.39 Å². The van der Waals surface area contributed by atoms with Crippen LogP contribution in [0.1, 0.15) is 26.7 Å².